The molecular formula is C13H19N3O2S. The summed E-state index contributed by atoms with van der Waals surface area (Å²) in [7, 11) is 0. The van der Waals surface area contributed by atoms with Gasteiger partial charge in [0.15, 0.2) is 0 Å². The number of hydrogen-bond donors (Lipinski definition) is 3. The largest absolute Gasteiger partial charge is 0.353 e. The Morgan fingerprint density at radius 2 is 2.32 bits per heavy atom. The van der Waals surface area contributed by atoms with E-state index in [0.717, 1.165) is 4.88 Å². The van der Waals surface area contributed by atoms with E-state index in [1.807, 2.05) is 17.5 Å². The van der Waals surface area contributed by atoms with E-state index in [-0.39, 0.29) is 30.4 Å². The molecule has 104 valence electrons. The number of carbonyl (C=O) groups is 2. The Hall–Kier alpha value is -1.40. The molecule has 1 saturated heterocycles. The van der Waals surface area contributed by atoms with E-state index in [0.29, 0.717) is 12.5 Å². The van der Waals surface area contributed by atoms with E-state index in [4.69, 9.17) is 0 Å². The number of piperazine rings is 1. The predicted molar refractivity (Wildman–Crippen MR) is 74.8 cm³/mol. The van der Waals surface area contributed by atoms with Gasteiger partial charge in [-0.15, -0.1) is 11.3 Å². The lowest BCUT2D eigenvalue weighted by molar-refractivity contribution is -0.127. The first kappa shape index (κ1) is 14.0. The maximum Gasteiger partial charge on any atom is 0.239 e. The standard InChI is InChI=1S/C13H19N3O2S/c1-8(2)12(10-4-3-5-19-10)16-13(18)9-6-15-11(17)7-14-9/h3-5,8-9,12,14H,6-7H2,1-2H3,(H,15,17)(H,16,18). The zero-order valence-electron chi connectivity index (χ0n) is 11.1. The topological polar surface area (TPSA) is 70.2 Å². The number of carbonyl (C=O) groups excluding carboxylic acids is 2. The van der Waals surface area contributed by atoms with Crippen LogP contribution in [0.15, 0.2) is 17.5 Å². The number of amides is 2. The SMILES string of the molecule is CC(C)C(NC(=O)C1CNC(=O)CN1)c1cccs1. The molecule has 2 amide bonds. The maximum absolute atomic E-state index is 12.2. The second-order valence-electron chi connectivity index (χ2n) is 4.98. The van der Waals surface area contributed by atoms with Crippen molar-refractivity contribution in [2.75, 3.05) is 13.1 Å². The van der Waals surface area contributed by atoms with Crippen molar-refractivity contribution in [3.05, 3.63) is 22.4 Å². The lowest BCUT2D eigenvalue weighted by atomic mass is 10.0. The first-order valence-electron chi connectivity index (χ1n) is 6.42. The number of nitrogens with one attached hydrogen (secondary N) is 3. The van der Waals surface area contributed by atoms with Crippen LogP contribution in [0.2, 0.25) is 0 Å². The molecule has 3 N–H and O–H groups in total. The Balaban J connectivity index is 1.98. The van der Waals surface area contributed by atoms with Crippen LogP contribution in [0, 0.1) is 5.92 Å². The van der Waals surface area contributed by atoms with Crippen molar-refractivity contribution in [1.82, 2.24) is 16.0 Å². The predicted octanol–water partition coefficient (Wildman–Crippen LogP) is 0.649. The highest BCUT2D eigenvalue weighted by molar-refractivity contribution is 7.10. The van der Waals surface area contributed by atoms with Crippen molar-refractivity contribution in [2.24, 2.45) is 5.92 Å². The van der Waals surface area contributed by atoms with Crippen molar-refractivity contribution in [3.8, 4) is 0 Å². The summed E-state index contributed by atoms with van der Waals surface area (Å²) in [5, 5.41) is 10.7. The fourth-order valence-corrected chi connectivity index (χ4v) is 2.99. The van der Waals surface area contributed by atoms with Gasteiger partial charge in [-0.05, 0) is 17.4 Å². The molecule has 1 aromatic heterocycles. The molecule has 0 aliphatic carbocycles. The molecule has 0 radical (unpaired) electrons. The molecular weight excluding hydrogens is 262 g/mol. The zero-order valence-corrected chi connectivity index (χ0v) is 11.9. The maximum atomic E-state index is 12.2. The highest BCUT2D eigenvalue weighted by Crippen LogP contribution is 2.25. The van der Waals surface area contributed by atoms with Crippen LogP contribution in [0.3, 0.4) is 0 Å². The van der Waals surface area contributed by atoms with Gasteiger partial charge in [-0.2, -0.15) is 0 Å². The van der Waals surface area contributed by atoms with E-state index in [2.05, 4.69) is 29.8 Å². The summed E-state index contributed by atoms with van der Waals surface area (Å²) in [6.45, 7) is 4.71. The third kappa shape index (κ3) is 3.54. The molecule has 2 atom stereocenters. The number of rotatable bonds is 4. The summed E-state index contributed by atoms with van der Waals surface area (Å²) in [4.78, 5) is 24.4. The molecule has 1 aromatic rings. The zero-order chi connectivity index (χ0) is 13.8. The summed E-state index contributed by atoms with van der Waals surface area (Å²) >= 11 is 1.64. The summed E-state index contributed by atoms with van der Waals surface area (Å²) in [6.07, 6.45) is 0. The molecule has 19 heavy (non-hydrogen) atoms. The van der Waals surface area contributed by atoms with Gasteiger partial charge >= 0.3 is 0 Å². The van der Waals surface area contributed by atoms with Gasteiger partial charge in [-0.3, -0.25) is 14.9 Å². The molecule has 1 aliphatic rings. The molecule has 0 saturated carbocycles. The quantitative estimate of drug-likeness (QED) is 0.759. The molecule has 0 bridgehead atoms. The summed E-state index contributed by atoms with van der Waals surface area (Å²) < 4.78 is 0. The van der Waals surface area contributed by atoms with E-state index in [1.165, 1.54) is 0 Å². The number of hydrogen-bond acceptors (Lipinski definition) is 4. The molecule has 1 aliphatic heterocycles. The average Bonchev–Trinajstić information content (AvgIpc) is 2.89. The Morgan fingerprint density at radius 1 is 1.53 bits per heavy atom. The normalized spacial score (nSPS) is 21.0. The van der Waals surface area contributed by atoms with E-state index in [9.17, 15) is 9.59 Å². The molecule has 2 unspecified atom stereocenters. The van der Waals surface area contributed by atoms with E-state index >= 15 is 0 Å². The molecule has 1 fully saturated rings. The van der Waals surface area contributed by atoms with E-state index in [1.54, 1.807) is 11.3 Å². The highest BCUT2D eigenvalue weighted by Gasteiger charge is 2.27. The van der Waals surface area contributed by atoms with Crippen LogP contribution in [-0.4, -0.2) is 30.9 Å². The summed E-state index contributed by atoms with van der Waals surface area (Å²) in [5.41, 5.74) is 0. The van der Waals surface area contributed by atoms with Crippen LogP contribution < -0.4 is 16.0 Å². The van der Waals surface area contributed by atoms with E-state index < -0.39 is 0 Å². The van der Waals surface area contributed by atoms with Gasteiger partial charge in [0.25, 0.3) is 0 Å². The minimum absolute atomic E-state index is 0.0203. The third-order valence-electron chi connectivity index (χ3n) is 3.14. The Kier molecular flexibility index (Phi) is 4.55. The second kappa shape index (κ2) is 6.16. The highest BCUT2D eigenvalue weighted by atomic mass is 32.1. The van der Waals surface area contributed by atoms with Gasteiger partial charge in [0, 0.05) is 11.4 Å². The third-order valence-corrected chi connectivity index (χ3v) is 4.10. The summed E-state index contributed by atoms with van der Waals surface area (Å²) in [5.74, 6) is 0.190. The second-order valence-corrected chi connectivity index (χ2v) is 5.96. The Morgan fingerprint density at radius 3 is 2.84 bits per heavy atom. The van der Waals surface area contributed by atoms with Gasteiger partial charge in [-0.1, -0.05) is 19.9 Å². The van der Waals surface area contributed by atoms with Gasteiger partial charge < -0.3 is 10.6 Å². The molecule has 2 heterocycles. The Bertz CT molecular complexity index is 435. The molecule has 6 heteroatoms. The van der Waals surface area contributed by atoms with Gasteiger partial charge in [-0.25, -0.2) is 0 Å². The van der Waals surface area contributed by atoms with Gasteiger partial charge in [0.2, 0.25) is 11.8 Å². The molecule has 0 spiro atoms. The van der Waals surface area contributed by atoms with Crippen LogP contribution >= 0.6 is 11.3 Å². The van der Waals surface area contributed by atoms with Crippen LogP contribution in [-0.2, 0) is 9.59 Å². The van der Waals surface area contributed by atoms with Gasteiger partial charge in [0.1, 0.15) is 6.04 Å². The molecule has 5 nitrogen and oxygen atoms in total. The van der Waals surface area contributed by atoms with Crippen LogP contribution in [0.4, 0.5) is 0 Å². The fourth-order valence-electron chi connectivity index (χ4n) is 2.04. The molecule has 2 rings (SSSR count). The lowest BCUT2D eigenvalue weighted by Gasteiger charge is -2.27. The first-order chi connectivity index (χ1) is 9.08. The van der Waals surface area contributed by atoms with Crippen molar-refractivity contribution >= 4 is 23.2 Å². The average molecular weight is 281 g/mol. The smallest absolute Gasteiger partial charge is 0.239 e. The van der Waals surface area contributed by atoms with Crippen LogP contribution in [0.25, 0.3) is 0 Å². The van der Waals surface area contributed by atoms with Gasteiger partial charge in [0.05, 0.1) is 12.6 Å². The van der Waals surface area contributed by atoms with Crippen LogP contribution in [0.5, 0.6) is 0 Å². The monoisotopic (exact) mass is 281 g/mol. The molecule has 0 aromatic carbocycles. The summed E-state index contributed by atoms with van der Waals surface area (Å²) in [6, 6.07) is 3.69. The minimum atomic E-state index is -0.348. The lowest BCUT2D eigenvalue weighted by Crippen LogP contribution is -2.58. The van der Waals surface area contributed by atoms with Crippen molar-refractivity contribution in [2.45, 2.75) is 25.9 Å². The van der Waals surface area contributed by atoms with Crippen LogP contribution in [0.1, 0.15) is 24.8 Å². The number of thiophene rings is 1. The minimum Gasteiger partial charge on any atom is -0.353 e. The van der Waals surface area contributed by atoms with Crippen molar-refractivity contribution < 1.29 is 9.59 Å². The Labute approximate surface area is 116 Å². The van der Waals surface area contributed by atoms with Crippen molar-refractivity contribution in [3.63, 3.8) is 0 Å². The van der Waals surface area contributed by atoms with Crippen molar-refractivity contribution in [1.29, 1.82) is 0 Å². The fraction of sp³-hybridized carbons (Fsp3) is 0.538. The first-order valence-corrected chi connectivity index (χ1v) is 7.29.